The predicted molar refractivity (Wildman–Crippen MR) is 85.6 cm³/mol. The monoisotopic (exact) mass is 290 g/mol. The summed E-state index contributed by atoms with van der Waals surface area (Å²) >= 11 is 0. The fourth-order valence-corrected chi connectivity index (χ4v) is 2.97. The summed E-state index contributed by atoms with van der Waals surface area (Å²) in [6.45, 7) is 7.99. The van der Waals surface area contributed by atoms with E-state index in [0.29, 0.717) is 19.1 Å². The van der Waals surface area contributed by atoms with E-state index in [2.05, 4.69) is 41.4 Å². The Kier molecular flexibility index (Phi) is 4.88. The Labute approximate surface area is 127 Å². The van der Waals surface area contributed by atoms with Gasteiger partial charge in [0.15, 0.2) is 0 Å². The molecule has 116 valence electrons. The van der Waals surface area contributed by atoms with Crippen molar-refractivity contribution in [3.63, 3.8) is 0 Å². The zero-order chi connectivity index (χ0) is 15.5. The normalized spacial score (nSPS) is 20.6. The van der Waals surface area contributed by atoms with E-state index in [4.69, 9.17) is 4.74 Å². The predicted octanol–water partition coefficient (Wildman–Crippen LogP) is 2.23. The third-order valence-corrected chi connectivity index (χ3v) is 4.22. The van der Waals surface area contributed by atoms with Crippen LogP contribution in [0, 0.1) is 5.92 Å². The molecule has 21 heavy (non-hydrogen) atoms. The second-order valence-electron chi connectivity index (χ2n) is 6.12. The van der Waals surface area contributed by atoms with Crippen LogP contribution < -0.4 is 10.2 Å². The standard InChI is InChI=1S/C17H26N2O2/c1-5-21-16(20)17(3,18-4)12-19-11-13(2)10-14-8-6-7-9-15(14)19/h6-9,13,18H,5,10-12H2,1-4H3. The van der Waals surface area contributed by atoms with Crippen LogP contribution in [0.15, 0.2) is 24.3 Å². The topological polar surface area (TPSA) is 41.6 Å². The first-order valence-electron chi connectivity index (χ1n) is 7.69. The van der Waals surface area contributed by atoms with Gasteiger partial charge in [0.25, 0.3) is 0 Å². The Morgan fingerprint density at radius 2 is 2.19 bits per heavy atom. The van der Waals surface area contributed by atoms with E-state index in [1.165, 1.54) is 11.3 Å². The van der Waals surface area contributed by atoms with Gasteiger partial charge in [-0.15, -0.1) is 0 Å². The van der Waals surface area contributed by atoms with Crippen LogP contribution in [0.2, 0.25) is 0 Å². The molecule has 0 aliphatic carbocycles. The van der Waals surface area contributed by atoms with Crippen molar-refractivity contribution in [3.8, 4) is 0 Å². The summed E-state index contributed by atoms with van der Waals surface area (Å²) in [5.41, 5.74) is 1.90. The van der Waals surface area contributed by atoms with Crippen LogP contribution in [0.1, 0.15) is 26.3 Å². The number of likely N-dealkylation sites (N-methyl/N-ethyl adjacent to an activating group) is 1. The minimum Gasteiger partial charge on any atom is -0.465 e. The van der Waals surface area contributed by atoms with E-state index in [-0.39, 0.29) is 5.97 Å². The van der Waals surface area contributed by atoms with E-state index in [9.17, 15) is 4.79 Å². The highest BCUT2D eigenvalue weighted by molar-refractivity contribution is 5.81. The number of ether oxygens (including phenoxy) is 1. The quantitative estimate of drug-likeness (QED) is 0.844. The van der Waals surface area contributed by atoms with Gasteiger partial charge in [0.2, 0.25) is 0 Å². The molecule has 0 amide bonds. The van der Waals surface area contributed by atoms with Gasteiger partial charge >= 0.3 is 5.97 Å². The molecule has 1 aromatic carbocycles. The number of fused-ring (bicyclic) bond motifs is 1. The van der Waals surface area contributed by atoms with Crippen molar-refractivity contribution in [1.82, 2.24) is 5.32 Å². The lowest BCUT2D eigenvalue weighted by atomic mass is 9.92. The van der Waals surface area contributed by atoms with Crippen LogP contribution in [-0.4, -0.2) is 38.3 Å². The lowest BCUT2D eigenvalue weighted by Gasteiger charge is -2.40. The molecule has 0 aromatic heterocycles. The van der Waals surface area contributed by atoms with Gasteiger partial charge in [-0.05, 0) is 44.9 Å². The molecule has 0 fully saturated rings. The SMILES string of the molecule is CCOC(=O)C(C)(CN1CC(C)Cc2ccccc21)NC. The van der Waals surface area contributed by atoms with Crippen molar-refractivity contribution in [2.24, 2.45) is 5.92 Å². The molecular formula is C17H26N2O2. The Bertz CT molecular complexity index is 503. The Morgan fingerprint density at radius 1 is 1.48 bits per heavy atom. The summed E-state index contributed by atoms with van der Waals surface area (Å²) in [4.78, 5) is 14.6. The first-order valence-corrected chi connectivity index (χ1v) is 7.69. The van der Waals surface area contributed by atoms with Gasteiger partial charge in [0.05, 0.1) is 6.61 Å². The molecule has 1 aromatic rings. The van der Waals surface area contributed by atoms with Gasteiger partial charge in [-0.25, -0.2) is 4.79 Å². The second kappa shape index (κ2) is 6.48. The fourth-order valence-electron chi connectivity index (χ4n) is 2.97. The molecular weight excluding hydrogens is 264 g/mol. The summed E-state index contributed by atoms with van der Waals surface area (Å²) in [6.07, 6.45) is 1.10. The smallest absolute Gasteiger partial charge is 0.327 e. The number of carbonyl (C=O) groups is 1. The largest absolute Gasteiger partial charge is 0.465 e. The summed E-state index contributed by atoms with van der Waals surface area (Å²) in [6, 6.07) is 8.46. The van der Waals surface area contributed by atoms with E-state index in [1.807, 2.05) is 20.9 Å². The number of benzene rings is 1. The molecule has 2 rings (SSSR count). The number of anilines is 1. The van der Waals surface area contributed by atoms with Gasteiger partial charge in [-0.1, -0.05) is 25.1 Å². The van der Waals surface area contributed by atoms with Gasteiger partial charge in [-0.2, -0.15) is 0 Å². The van der Waals surface area contributed by atoms with Crippen molar-refractivity contribution < 1.29 is 9.53 Å². The molecule has 0 spiro atoms. The molecule has 0 radical (unpaired) electrons. The zero-order valence-electron chi connectivity index (χ0n) is 13.5. The van der Waals surface area contributed by atoms with Crippen LogP contribution in [0.25, 0.3) is 0 Å². The second-order valence-corrected chi connectivity index (χ2v) is 6.12. The highest BCUT2D eigenvalue weighted by atomic mass is 16.5. The van der Waals surface area contributed by atoms with Gasteiger partial charge in [-0.3, -0.25) is 0 Å². The van der Waals surface area contributed by atoms with Crippen LogP contribution in [0.4, 0.5) is 5.69 Å². The van der Waals surface area contributed by atoms with Gasteiger partial charge in [0, 0.05) is 18.8 Å². The molecule has 4 heteroatoms. The summed E-state index contributed by atoms with van der Waals surface area (Å²) in [5, 5.41) is 3.14. The third kappa shape index (κ3) is 3.38. The average molecular weight is 290 g/mol. The molecule has 2 unspecified atom stereocenters. The Hall–Kier alpha value is -1.55. The zero-order valence-corrected chi connectivity index (χ0v) is 13.5. The van der Waals surface area contributed by atoms with Crippen LogP contribution in [0.3, 0.4) is 0 Å². The van der Waals surface area contributed by atoms with Crippen LogP contribution in [-0.2, 0) is 16.0 Å². The summed E-state index contributed by atoms with van der Waals surface area (Å²) in [5.74, 6) is 0.395. The average Bonchev–Trinajstić information content (AvgIpc) is 2.47. The first kappa shape index (κ1) is 15.8. The molecule has 1 heterocycles. The molecule has 2 atom stereocenters. The lowest BCUT2D eigenvalue weighted by molar-refractivity contribution is -0.149. The van der Waals surface area contributed by atoms with E-state index >= 15 is 0 Å². The number of carbonyl (C=O) groups excluding carboxylic acids is 1. The Morgan fingerprint density at radius 3 is 2.86 bits per heavy atom. The van der Waals surface area contributed by atoms with E-state index in [0.717, 1.165) is 13.0 Å². The molecule has 1 aliphatic heterocycles. The van der Waals surface area contributed by atoms with Crippen LogP contribution >= 0.6 is 0 Å². The summed E-state index contributed by atoms with van der Waals surface area (Å²) < 4.78 is 5.23. The number of esters is 1. The van der Waals surface area contributed by atoms with E-state index < -0.39 is 5.54 Å². The van der Waals surface area contributed by atoms with E-state index in [1.54, 1.807) is 0 Å². The van der Waals surface area contributed by atoms with Crippen molar-refractivity contribution in [1.29, 1.82) is 0 Å². The molecule has 1 N–H and O–H groups in total. The third-order valence-electron chi connectivity index (χ3n) is 4.22. The van der Waals surface area contributed by atoms with Gasteiger partial charge < -0.3 is 15.0 Å². The van der Waals surface area contributed by atoms with Gasteiger partial charge in [0.1, 0.15) is 5.54 Å². The molecule has 0 saturated carbocycles. The van der Waals surface area contributed by atoms with Crippen molar-refractivity contribution in [2.75, 3.05) is 31.6 Å². The number of nitrogens with one attached hydrogen (secondary N) is 1. The molecule has 1 aliphatic rings. The number of nitrogens with zero attached hydrogens (tertiary/aromatic N) is 1. The number of hydrogen-bond donors (Lipinski definition) is 1. The Balaban J connectivity index is 2.23. The number of para-hydroxylation sites is 1. The van der Waals surface area contributed by atoms with Crippen LogP contribution in [0.5, 0.6) is 0 Å². The lowest BCUT2D eigenvalue weighted by Crippen LogP contribution is -2.57. The molecule has 4 nitrogen and oxygen atoms in total. The molecule has 0 saturated heterocycles. The maximum absolute atomic E-state index is 12.3. The maximum Gasteiger partial charge on any atom is 0.327 e. The van der Waals surface area contributed by atoms with Crippen molar-refractivity contribution >= 4 is 11.7 Å². The highest BCUT2D eigenvalue weighted by Gasteiger charge is 2.37. The summed E-state index contributed by atoms with van der Waals surface area (Å²) in [7, 11) is 1.82. The minimum absolute atomic E-state index is 0.191. The number of rotatable bonds is 5. The number of hydrogen-bond acceptors (Lipinski definition) is 4. The van der Waals surface area contributed by atoms with Crippen molar-refractivity contribution in [2.45, 2.75) is 32.7 Å². The van der Waals surface area contributed by atoms with Crippen molar-refractivity contribution in [3.05, 3.63) is 29.8 Å². The first-order chi connectivity index (χ1) is 10.00. The maximum atomic E-state index is 12.3. The fraction of sp³-hybridized carbons (Fsp3) is 0.588. The molecule has 0 bridgehead atoms. The highest BCUT2D eigenvalue weighted by Crippen LogP contribution is 2.30. The minimum atomic E-state index is -0.694.